The third-order valence-electron chi connectivity index (χ3n) is 2.62. The molecule has 1 amide bonds. The summed E-state index contributed by atoms with van der Waals surface area (Å²) in [6, 6.07) is 7.58. The van der Waals surface area contributed by atoms with Gasteiger partial charge in [-0.15, -0.1) is 0 Å². The Morgan fingerprint density at radius 2 is 2.00 bits per heavy atom. The summed E-state index contributed by atoms with van der Waals surface area (Å²) in [7, 11) is 1.63. The van der Waals surface area contributed by atoms with E-state index in [2.05, 4.69) is 12.2 Å². The zero-order valence-corrected chi connectivity index (χ0v) is 11.1. The van der Waals surface area contributed by atoms with Gasteiger partial charge >= 0.3 is 0 Å². The van der Waals surface area contributed by atoms with Crippen molar-refractivity contribution >= 4 is 12.0 Å². The van der Waals surface area contributed by atoms with Gasteiger partial charge in [-0.1, -0.05) is 31.9 Å². The van der Waals surface area contributed by atoms with E-state index in [0.717, 1.165) is 37.1 Å². The summed E-state index contributed by atoms with van der Waals surface area (Å²) >= 11 is 0. The average Bonchev–Trinajstić information content (AvgIpc) is 2.42. The van der Waals surface area contributed by atoms with Gasteiger partial charge in [-0.25, -0.2) is 0 Å². The quantitative estimate of drug-likeness (QED) is 0.594. The summed E-state index contributed by atoms with van der Waals surface area (Å²) in [6.45, 7) is 2.89. The highest BCUT2D eigenvalue weighted by atomic mass is 16.5. The van der Waals surface area contributed by atoms with E-state index in [1.807, 2.05) is 24.3 Å². The van der Waals surface area contributed by atoms with Crippen molar-refractivity contribution in [3.8, 4) is 5.75 Å². The number of ether oxygens (including phenoxy) is 1. The van der Waals surface area contributed by atoms with E-state index in [-0.39, 0.29) is 5.91 Å². The third kappa shape index (κ3) is 5.53. The number of unbranched alkanes of at least 4 members (excludes halogenated alkanes) is 2. The lowest BCUT2D eigenvalue weighted by molar-refractivity contribution is -0.116. The number of methoxy groups -OCH3 is 1. The minimum atomic E-state index is -0.0399. The van der Waals surface area contributed by atoms with Crippen molar-refractivity contribution in [2.45, 2.75) is 26.2 Å². The van der Waals surface area contributed by atoms with Gasteiger partial charge in [0, 0.05) is 12.6 Å². The third-order valence-corrected chi connectivity index (χ3v) is 2.62. The van der Waals surface area contributed by atoms with Gasteiger partial charge in [-0.3, -0.25) is 4.79 Å². The number of benzene rings is 1. The van der Waals surface area contributed by atoms with Crippen molar-refractivity contribution < 1.29 is 9.53 Å². The van der Waals surface area contributed by atoms with Crippen LogP contribution >= 0.6 is 0 Å². The van der Waals surface area contributed by atoms with Crippen LogP contribution in [0.1, 0.15) is 31.7 Å². The summed E-state index contributed by atoms with van der Waals surface area (Å²) in [4.78, 5) is 11.5. The first-order chi connectivity index (χ1) is 8.76. The summed E-state index contributed by atoms with van der Waals surface area (Å²) in [5.74, 6) is 0.776. The van der Waals surface area contributed by atoms with Gasteiger partial charge in [-0.2, -0.15) is 0 Å². The van der Waals surface area contributed by atoms with Crippen LogP contribution in [0.25, 0.3) is 6.08 Å². The Morgan fingerprint density at radius 1 is 1.28 bits per heavy atom. The topological polar surface area (TPSA) is 38.3 Å². The molecule has 0 aliphatic carbocycles. The number of hydrogen-bond acceptors (Lipinski definition) is 2. The van der Waals surface area contributed by atoms with Crippen LogP contribution in [0.2, 0.25) is 0 Å². The first kappa shape index (κ1) is 14.3. The van der Waals surface area contributed by atoms with Gasteiger partial charge in [0.25, 0.3) is 0 Å². The molecule has 3 nitrogen and oxygen atoms in total. The molecule has 0 aliphatic rings. The fourth-order valence-corrected chi connectivity index (χ4v) is 1.53. The van der Waals surface area contributed by atoms with Crippen molar-refractivity contribution in [2.24, 2.45) is 0 Å². The molecule has 18 heavy (non-hydrogen) atoms. The lowest BCUT2D eigenvalue weighted by Gasteiger charge is -2.01. The lowest BCUT2D eigenvalue weighted by atomic mass is 10.2. The maximum absolute atomic E-state index is 11.5. The normalized spacial score (nSPS) is 10.6. The molecule has 0 saturated carbocycles. The minimum Gasteiger partial charge on any atom is -0.497 e. The van der Waals surface area contributed by atoms with Crippen LogP contribution in [0, 0.1) is 0 Å². The summed E-state index contributed by atoms with van der Waals surface area (Å²) in [6.07, 6.45) is 6.72. The largest absolute Gasteiger partial charge is 0.497 e. The molecule has 1 rings (SSSR count). The van der Waals surface area contributed by atoms with Crippen LogP contribution in [-0.2, 0) is 4.79 Å². The molecule has 0 radical (unpaired) electrons. The van der Waals surface area contributed by atoms with Gasteiger partial charge in [-0.05, 0) is 30.2 Å². The number of carbonyl (C=O) groups excluding carboxylic acids is 1. The van der Waals surface area contributed by atoms with E-state index in [0.29, 0.717) is 0 Å². The molecule has 0 spiro atoms. The van der Waals surface area contributed by atoms with E-state index in [1.54, 1.807) is 19.3 Å². The number of amides is 1. The predicted molar refractivity (Wildman–Crippen MR) is 74.6 cm³/mol. The Hall–Kier alpha value is -1.77. The molecule has 1 aromatic carbocycles. The molecule has 0 saturated heterocycles. The fraction of sp³-hybridized carbons (Fsp3) is 0.400. The molecule has 0 heterocycles. The van der Waals surface area contributed by atoms with Crippen LogP contribution in [0.3, 0.4) is 0 Å². The van der Waals surface area contributed by atoms with E-state index in [9.17, 15) is 4.79 Å². The van der Waals surface area contributed by atoms with Crippen LogP contribution < -0.4 is 10.1 Å². The molecule has 1 N–H and O–H groups in total. The summed E-state index contributed by atoms with van der Waals surface area (Å²) < 4.78 is 5.07. The lowest BCUT2D eigenvalue weighted by Crippen LogP contribution is -2.21. The van der Waals surface area contributed by atoms with Crippen molar-refractivity contribution in [1.29, 1.82) is 0 Å². The highest BCUT2D eigenvalue weighted by Crippen LogP contribution is 2.12. The summed E-state index contributed by atoms with van der Waals surface area (Å²) in [5, 5.41) is 2.86. The average molecular weight is 247 g/mol. The van der Waals surface area contributed by atoms with Crippen molar-refractivity contribution in [1.82, 2.24) is 5.32 Å². The molecule has 0 bridgehead atoms. The number of nitrogens with one attached hydrogen (secondary N) is 1. The predicted octanol–water partition coefficient (Wildman–Crippen LogP) is 3.01. The molecule has 3 heteroatoms. The second-order valence-electron chi connectivity index (χ2n) is 4.10. The first-order valence-electron chi connectivity index (χ1n) is 6.36. The van der Waals surface area contributed by atoms with E-state index < -0.39 is 0 Å². The number of rotatable bonds is 7. The van der Waals surface area contributed by atoms with E-state index in [1.165, 1.54) is 0 Å². The standard InChI is InChI=1S/C15H21NO2/c1-3-4-5-12-16-15(17)11-8-13-6-9-14(18-2)10-7-13/h6-11H,3-5,12H2,1-2H3,(H,16,17)/b11-8+. The highest BCUT2D eigenvalue weighted by molar-refractivity contribution is 5.91. The first-order valence-corrected chi connectivity index (χ1v) is 6.36. The summed E-state index contributed by atoms with van der Waals surface area (Å²) in [5.41, 5.74) is 0.986. The van der Waals surface area contributed by atoms with Gasteiger partial charge in [0.05, 0.1) is 7.11 Å². The Kier molecular flexibility index (Phi) is 6.62. The monoisotopic (exact) mass is 247 g/mol. The van der Waals surface area contributed by atoms with Crippen molar-refractivity contribution in [2.75, 3.05) is 13.7 Å². The van der Waals surface area contributed by atoms with E-state index >= 15 is 0 Å². The molecular weight excluding hydrogens is 226 g/mol. The number of hydrogen-bond donors (Lipinski definition) is 1. The van der Waals surface area contributed by atoms with Gasteiger partial charge < -0.3 is 10.1 Å². The molecule has 0 unspecified atom stereocenters. The zero-order valence-electron chi connectivity index (χ0n) is 11.1. The van der Waals surface area contributed by atoms with Gasteiger partial charge in [0.15, 0.2) is 0 Å². The van der Waals surface area contributed by atoms with Crippen LogP contribution in [0.4, 0.5) is 0 Å². The van der Waals surface area contributed by atoms with Crippen molar-refractivity contribution in [3.05, 3.63) is 35.9 Å². The maximum atomic E-state index is 11.5. The zero-order chi connectivity index (χ0) is 13.2. The number of carbonyl (C=O) groups is 1. The van der Waals surface area contributed by atoms with Crippen molar-refractivity contribution in [3.63, 3.8) is 0 Å². The maximum Gasteiger partial charge on any atom is 0.243 e. The Balaban J connectivity index is 2.35. The second-order valence-corrected chi connectivity index (χ2v) is 4.10. The van der Waals surface area contributed by atoms with Crippen LogP contribution in [0.5, 0.6) is 5.75 Å². The molecule has 0 aromatic heterocycles. The van der Waals surface area contributed by atoms with Crippen LogP contribution in [0.15, 0.2) is 30.3 Å². The van der Waals surface area contributed by atoms with Gasteiger partial charge in [0.1, 0.15) is 5.75 Å². The molecule has 0 aliphatic heterocycles. The van der Waals surface area contributed by atoms with Gasteiger partial charge in [0.2, 0.25) is 5.91 Å². The molecule has 1 aromatic rings. The Bertz CT molecular complexity index is 382. The highest BCUT2D eigenvalue weighted by Gasteiger charge is 1.95. The Labute approximate surface area is 109 Å². The minimum absolute atomic E-state index is 0.0399. The fourth-order valence-electron chi connectivity index (χ4n) is 1.53. The molecular formula is C15H21NO2. The molecule has 98 valence electrons. The van der Waals surface area contributed by atoms with E-state index in [4.69, 9.17) is 4.74 Å². The second kappa shape index (κ2) is 8.34. The molecule has 0 fully saturated rings. The molecule has 0 atom stereocenters. The smallest absolute Gasteiger partial charge is 0.243 e. The Morgan fingerprint density at radius 3 is 2.61 bits per heavy atom. The SMILES string of the molecule is CCCCCNC(=O)/C=C/c1ccc(OC)cc1. The van der Waals surface area contributed by atoms with Crippen LogP contribution in [-0.4, -0.2) is 19.6 Å².